The van der Waals surface area contributed by atoms with Crippen LogP contribution in [0.3, 0.4) is 0 Å². The molecule has 2 aliphatic rings. The molecule has 7 nitrogen and oxygen atoms in total. The van der Waals surface area contributed by atoms with E-state index in [0.29, 0.717) is 18.8 Å². The van der Waals surface area contributed by atoms with E-state index in [1.807, 2.05) is 30.3 Å². The smallest absolute Gasteiger partial charge is 0.253 e. The average molecular weight is 341 g/mol. The molecule has 2 aromatic rings. The fourth-order valence-corrected chi connectivity index (χ4v) is 2.82. The Labute approximate surface area is 145 Å². The molecule has 25 heavy (non-hydrogen) atoms. The van der Waals surface area contributed by atoms with Gasteiger partial charge >= 0.3 is 0 Å². The van der Waals surface area contributed by atoms with E-state index in [0.717, 1.165) is 35.7 Å². The highest BCUT2D eigenvalue weighted by Crippen LogP contribution is 2.32. The van der Waals surface area contributed by atoms with Crippen LogP contribution in [0.2, 0.25) is 0 Å². The van der Waals surface area contributed by atoms with E-state index < -0.39 is 0 Å². The van der Waals surface area contributed by atoms with Crippen LogP contribution in [-0.2, 0) is 16.1 Å². The molecule has 0 spiro atoms. The van der Waals surface area contributed by atoms with Crippen LogP contribution >= 0.6 is 0 Å². The highest BCUT2D eigenvalue weighted by molar-refractivity contribution is 5.94. The topological polar surface area (TPSA) is 81.7 Å². The van der Waals surface area contributed by atoms with Crippen molar-refractivity contribution in [1.29, 1.82) is 0 Å². The van der Waals surface area contributed by atoms with Crippen LogP contribution in [0.4, 0.5) is 11.5 Å². The van der Waals surface area contributed by atoms with Crippen LogP contribution < -0.4 is 20.1 Å². The van der Waals surface area contributed by atoms with Crippen molar-refractivity contribution in [3.05, 3.63) is 42.1 Å². The third-order valence-electron chi connectivity index (χ3n) is 4.16. The van der Waals surface area contributed by atoms with Crippen LogP contribution in [0.1, 0.15) is 18.4 Å². The Balaban J connectivity index is 1.32. The minimum absolute atomic E-state index is 0.111. The van der Waals surface area contributed by atoms with Gasteiger partial charge in [0, 0.05) is 13.2 Å². The Bertz CT molecular complexity index is 757. The Morgan fingerprint density at radius 1 is 1.20 bits per heavy atom. The summed E-state index contributed by atoms with van der Waals surface area (Å²) in [7, 11) is 0. The van der Waals surface area contributed by atoms with Crippen LogP contribution in [0.5, 0.6) is 11.5 Å². The molecule has 0 saturated carbocycles. The quantitative estimate of drug-likeness (QED) is 0.870. The lowest BCUT2D eigenvalue weighted by Crippen LogP contribution is -2.26. The fourth-order valence-electron chi connectivity index (χ4n) is 2.82. The van der Waals surface area contributed by atoms with Crippen molar-refractivity contribution in [1.82, 2.24) is 4.98 Å². The zero-order chi connectivity index (χ0) is 17.1. The van der Waals surface area contributed by atoms with Gasteiger partial charge in [-0.2, -0.15) is 0 Å². The first kappa shape index (κ1) is 15.7. The SMILES string of the molecule is O=C(Nc1ccc(NCc2ccc3c(c2)OCO3)nc1)C1CCCO1. The molecule has 0 bridgehead atoms. The highest BCUT2D eigenvalue weighted by Gasteiger charge is 2.23. The number of fused-ring (bicyclic) bond motifs is 1. The summed E-state index contributed by atoms with van der Waals surface area (Å²) in [5.41, 5.74) is 1.73. The first-order chi connectivity index (χ1) is 12.3. The number of carbonyl (C=O) groups is 1. The summed E-state index contributed by atoms with van der Waals surface area (Å²) < 4.78 is 16.0. The van der Waals surface area contributed by atoms with Gasteiger partial charge in [-0.05, 0) is 42.7 Å². The van der Waals surface area contributed by atoms with Gasteiger partial charge in [0.25, 0.3) is 5.91 Å². The first-order valence-corrected chi connectivity index (χ1v) is 8.29. The number of amides is 1. The van der Waals surface area contributed by atoms with E-state index >= 15 is 0 Å². The molecule has 4 rings (SSSR count). The van der Waals surface area contributed by atoms with E-state index in [9.17, 15) is 4.79 Å². The van der Waals surface area contributed by atoms with Crippen molar-refractivity contribution in [3.8, 4) is 11.5 Å². The van der Waals surface area contributed by atoms with Gasteiger partial charge in [-0.25, -0.2) is 4.98 Å². The molecular weight excluding hydrogens is 322 g/mol. The lowest BCUT2D eigenvalue weighted by molar-refractivity contribution is -0.124. The molecule has 0 radical (unpaired) electrons. The predicted molar refractivity (Wildman–Crippen MR) is 91.7 cm³/mol. The van der Waals surface area contributed by atoms with E-state index in [4.69, 9.17) is 14.2 Å². The Morgan fingerprint density at radius 2 is 2.12 bits per heavy atom. The summed E-state index contributed by atoms with van der Waals surface area (Å²) in [6.07, 6.45) is 2.99. The number of carbonyl (C=O) groups excluding carboxylic acids is 1. The number of anilines is 2. The maximum Gasteiger partial charge on any atom is 0.253 e. The number of aromatic nitrogens is 1. The molecule has 2 N–H and O–H groups in total. The lowest BCUT2D eigenvalue weighted by atomic mass is 10.2. The molecule has 1 aromatic carbocycles. The molecule has 1 saturated heterocycles. The molecule has 1 amide bonds. The van der Waals surface area contributed by atoms with E-state index in [1.54, 1.807) is 6.20 Å². The second kappa shape index (κ2) is 6.98. The maximum absolute atomic E-state index is 12.0. The van der Waals surface area contributed by atoms with Crippen molar-refractivity contribution in [3.63, 3.8) is 0 Å². The maximum atomic E-state index is 12.0. The monoisotopic (exact) mass is 341 g/mol. The second-order valence-corrected chi connectivity index (χ2v) is 5.96. The highest BCUT2D eigenvalue weighted by atomic mass is 16.7. The molecule has 1 unspecified atom stereocenters. The predicted octanol–water partition coefficient (Wildman–Crippen LogP) is 2.54. The summed E-state index contributed by atoms with van der Waals surface area (Å²) >= 11 is 0. The van der Waals surface area contributed by atoms with Gasteiger partial charge in [0.05, 0.1) is 11.9 Å². The molecule has 1 aromatic heterocycles. The third-order valence-corrected chi connectivity index (χ3v) is 4.16. The van der Waals surface area contributed by atoms with Gasteiger partial charge < -0.3 is 24.8 Å². The summed E-state index contributed by atoms with van der Waals surface area (Å²) in [4.78, 5) is 16.3. The Morgan fingerprint density at radius 3 is 2.92 bits per heavy atom. The minimum Gasteiger partial charge on any atom is -0.454 e. The van der Waals surface area contributed by atoms with E-state index in [1.165, 1.54) is 0 Å². The standard InChI is InChI=1S/C18H19N3O4/c22-18(15-2-1-7-23-15)21-13-4-6-17(20-10-13)19-9-12-3-5-14-16(8-12)25-11-24-14/h3-6,8,10,15H,1-2,7,9,11H2,(H,19,20)(H,21,22). The molecule has 1 fully saturated rings. The first-order valence-electron chi connectivity index (χ1n) is 8.29. The molecule has 1 atom stereocenters. The van der Waals surface area contributed by atoms with Gasteiger partial charge in [0.15, 0.2) is 11.5 Å². The van der Waals surface area contributed by atoms with Gasteiger partial charge in [0.2, 0.25) is 6.79 Å². The van der Waals surface area contributed by atoms with Crippen LogP contribution in [-0.4, -0.2) is 30.4 Å². The number of hydrogen-bond donors (Lipinski definition) is 2. The van der Waals surface area contributed by atoms with E-state index in [-0.39, 0.29) is 18.8 Å². The zero-order valence-corrected chi connectivity index (χ0v) is 13.7. The number of rotatable bonds is 5. The third kappa shape index (κ3) is 3.66. The summed E-state index contributed by atoms with van der Waals surface area (Å²) in [6, 6.07) is 9.48. The van der Waals surface area contributed by atoms with Gasteiger partial charge in [-0.3, -0.25) is 4.79 Å². The number of nitrogens with zero attached hydrogens (tertiary/aromatic N) is 1. The second-order valence-electron chi connectivity index (χ2n) is 5.96. The molecular formula is C18H19N3O4. The number of pyridine rings is 1. The molecule has 0 aliphatic carbocycles. The Hall–Kier alpha value is -2.80. The molecule has 130 valence electrons. The zero-order valence-electron chi connectivity index (χ0n) is 13.7. The summed E-state index contributed by atoms with van der Waals surface area (Å²) in [5, 5.41) is 6.07. The molecule has 3 heterocycles. The van der Waals surface area contributed by atoms with Gasteiger partial charge in [-0.1, -0.05) is 6.07 Å². The van der Waals surface area contributed by atoms with Crippen molar-refractivity contribution >= 4 is 17.4 Å². The number of benzene rings is 1. The number of nitrogens with one attached hydrogen (secondary N) is 2. The van der Waals surface area contributed by atoms with Crippen LogP contribution in [0.15, 0.2) is 36.5 Å². The van der Waals surface area contributed by atoms with Crippen LogP contribution in [0, 0.1) is 0 Å². The average Bonchev–Trinajstić information content (AvgIpc) is 3.32. The normalized spacial score (nSPS) is 18.2. The van der Waals surface area contributed by atoms with Crippen LogP contribution in [0.25, 0.3) is 0 Å². The summed E-state index contributed by atoms with van der Waals surface area (Å²) in [5.74, 6) is 2.15. The molecule has 7 heteroatoms. The van der Waals surface area contributed by atoms with Crippen molar-refractivity contribution < 1.29 is 19.0 Å². The van der Waals surface area contributed by atoms with E-state index in [2.05, 4.69) is 15.6 Å². The number of hydrogen-bond acceptors (Lipinski definition) is 6. The van der Waals surface area contributed by atoms with Crippen molar-refractivity contribution in [2.45, 2.75) is 25.5 Å². The van der Waals surface area contributed by atoms with Gasteiger partial charge in [-0.15, -0.1) is 0 Å². The van der Waals surface area contributed by atoms with Gasteiger partial charge in [0.1, 0.15) is 11.9 Å². The van der Waals surface area contributed by atoms with Crippen molar-refractivity contribution in [2.24, 2.45) is 0 Å². The summed E-state index contributed by atoms with van der Waals surface area (Å²) in [6.45, 7) is 1.54. The molecule has 2 aliphatic heterocycles. The number of ether oxygens (including phenoxy) is 3. The minimum atomic E-state index is -0.344. The largest absolute Gasteiger partial charge is 0.454 e. The lowest BCUT2D eigenvalue weighted by Gasteiger charge is -2.11. The fraction of sp³-hybridized carbons (Fsp3) is 0.333. The Kier molecular flexibility index (Phi) is 4.39. The van der Waals surface area contributed by atoms with Crippen molar-refractivity contribution in [2.75, 3.05) is 24.0 Å².